The number of hydrogen-bond acceptors (Lipinski definition) is 5. The number of hydrazone groups is 1. The van der Waals surface area contributed by atoms with Gasteiger partial charge in [0.25, 0.3) is 5.91 Å². The van der Waals surface area contributed by atoms with Crippen LogP contribution in [0.5, 0.6) is 0 Å². The second-order valence-electron chi connectivity index (χ2n) is 5.92. The van der Waals surface area contributed by atoms with Crippen LogP contribution in [0.25, 0.3) is 4.91 Å². The van der Waals surface area contributed by atoms with Crippen LogP contribution in [0.15, 0.2) is 41.5 Å². The highest BCUT2D eigenvalue weighted by Gasteiger charge is 2.51. The molecule has 1 N–H and O–H groups in total. The van der Waals surface area contributed by atoms with Crippen molar-refractivity contribution in [2.24, 2.45) is 5.10 Å². The number of thioether (sulfide) groups is 1. The van der Waals surface area contributed by atoms with E-state index in [1.165, 1.54) is 11.8 Å². The van der Waals surface area contributed by atoms with Crippen LogP contribution >= 0.6 is 24.0 Å². The number of likely N-dealkylation sites (N-methyl/N-ethyl adjacent to an activating group) is 2. The van der Waals surface area contributed by atoms with Crippen molar-refractivity contribution >= 4 is 45.1 Å². The van der Waals surface area contributed by atoms with Crippen LogP contribution in [0.2, 0.25) is 0 Å². The van der Waals surface area contributed by atoms with Crippen LogP contribution < -0.4 is 5.43 Å². The minimum atomic E-state index is -0.168. The Morgan fingerprint density at radius 1 is 1.20 bits per heavy atom. The van der Waals surface area contributed by atoms with Crippen molar-refractivity contribution in [1.82, 2.24) is 20.1 Å². The smallest absolute Gasteiger partial charge is 0.255 e. The Morgan fingerprint density at radius 3 is 2.60 bits per heavy atom. The molecule has 3 aliphatic heterocycles. The van der Waals surface area contributed by atoms with Gasteiger partial charge < -0.3 is 9.80 Å². The molecule has 1 fully saturated rings. The van der Waals surface area contributed by atoms with E-state index in [0.717, 1.165) is 28.7 Å². The second-order valence-corrected chi connectivity index (χ2v) is 7.30. The predicted molar refractivity (Wildman–Crippen MR) is 104 cm³/mol. The summed E-state index contributed by atoms with van der Waals surface area (Å²) < 4.78 is 0. The van der Waals surface area contributed by atoms with Gasteiger partial charge in [0.15, 0.2) is 22.6 Å². The van der Waals surface area contributed by atoms with Gasteiger partial charge in [-0.25, -0.2) is 0 Å². The fourth-order valence-corrected chi connectivity index (χ4v) is 4.92. The van der Waals surface area contributed by atoms with Crippen molar-refractivity contribution in [3.8, 4) is 0 Å². The first-order valence-electron chi connectivity index (χ1n) is 8.34. The molecule has 0 aliphatic carbocycles. The first-order chi connectivity index (χ1) is 12.2. The van der Waals surface area contributed by atoms with Crippen LogP contribution in [0.1, 0.15) is 19.4 Å². The number of nitrogens with zero attached hydrogens (tertiary/aromatic N) is 4. The second kappa shape index (κ2) is 6.34. The Labute approximate surface area is 156 Å². The van der Waals surface area contributed by atoms with E-state index in [-0.39, 0.29) is 18.2 Å². The molecule has 130 valence electrons. The summed E-state index contributed by atoms with van der Waals surface area (Å²) in [5.41, 5.74) is 4.23. The summed E-state index contributed by atoms with van der Waals surface area (Å²) in [5, 5.41) is 5.92. The van der Waals surface area contributed by atoms with Crippen LogP contribution in [-0.2, 0) is 4.79 Å². The molecule has 0 spiro atoms. The molecule has 4 rings (SSSR count). The Morgan fingerprint density at radius 2 is 1.92 bits per heavy atom. The van der Waals surface area contributed by atoms with Crippen molar-refractivity contribution in [1.29, 1.82) is 0 Å². The number of thiocarbonyl (C=S) groups is 1. The third kappa shape index (κ3) is 2.51. The number of rotatable bonds is 3. The Balaban J connectivity index is 1.71. The summed E-state index contributed by atoms with van der Waals surface area (Å²) in [5.74, 6) is -0.0490. The van der Waals surface area contributed by atoms with Crippen molar-refractivity contribution in [2.75, 3.05) is 13.1 Å². The van der Waals surface area contributed by atoms with E-state index in [0.29, 0.717) is 5.17 Å². The van der Waals surface area contributed by atoms with Crippen LogP contribution in [0.3, 0.4) is 0 Å². The maximum Gasteiger partial charge on any atom is 0.255 e. The van der Waals surface area contributed by atoms with Gasteiger partial charge in [-0.3, -0.25) is 15.1 Å². The quantitative estimate of drug-likeness (QED) is 0.819. The topological polar surface area (TPSA) is 51.2 Å². The summed E-state index contributed by atoms with van der Waals surface area (Å²) in [7, 11) is 0. The number of carbonyl (C=O) groups excluding carboxylic acids is 1. The van der Waals surface area contributed by atoms with Gasteiger partial charge >= 0.3 is 0 Å². The van der Waals surface area contributed by atoms with E-state index < -0.39 is 0 Å². The molecule has 1 amide bonds. The van der Waals surface area contributed by atoms with Gasteiger partial charge in [0, 0.05) is 24.1 Å². The van der Waals surface area contributed by atoms with Crippen molar-refractivity contribution in [3.63, 3.8) is 0 Å². The first kappa shape index (κ1) is 16.4. The van der Waals surface area contributed by atoms with E-state index in [9.17, 15) is 4.79 Å². The summed E-state index contributed by atoms with van der Waals surface area (Å²) in [6.07, 6.45) is 1.42. The van der Waals surface area contributed by atoms with Gasteiger partial charge in [-0.15, -0.1) is 0 Å². The molecule has 0 saturated carbocycles. The monoisotopic (exact) mass is 373 g/mol. The molecular weight excluding hydrogens is 354 g/mol. The largest absolute Gasteiger partial charge is 0.325 e. The van der Waals surface area contributed by atoms with Gasteiger partial charge in [0.2, 0.25) is 0 Å². The fraction of sp³-hybridized carbons (Fsp3) is 0.353. The SMILES string of the molecule is CCN1C(=S)N(CC)C2C1NN=C1SC(c3ccccc3)=CC(=O)N12. The summed E-state index contributed by atoms with van der Waals surface area (Å²) >= 11 is 7.12. The van der Waals surface area contributed by atoms with E-state index in [1.807, 2.05) is 30.3 Å². The van der Waals surface area contributed by atoms with E-state index in [1.54, 1.807) is 11.0 Å². The number of nitrogens with one attached hydrogen (secondary N) is 1. The summed E-state index contributed by atoms with van der Waals surface area (Å²) in [4.78, 5) is 19.8. The molecule has 6 nitrogen and oxygen atoms in total. The zero-order valence-electron chi connectivity index (χ0n) is 14.0. The fourth-order valence-electron chi connectivity index (χ4n) is 3.44. The minimum Gasteiger partial charge on any atom is -0.325 e. The molecule has 3 aliphatic rings. The Bertz CT molecular complexity index is 779. The lowest BCUT2D eigenvalue weighted by Gasteiger charge is -2.41. The minimum absolute atomic E-state index is 0.0490. The van der Waals surface area contributed by atoms with Crippen LogP contribution in [0, 0.1) is 0 Å². The van der Waals surface area contributed by atoms with Crippen molar-refractivity contribution in [2.45, 2.75) is 26.2 Å². The highest BCUT2D eigenvalue weighted by molar-refractivity contribution is 8.21. The van der Waals surface area contributed by atoms with E-state index >= 15 is 0 Å². The maximum absolute atomic E-state index is 13.0. The Hall–Kier alpha value is -2.06. The van der Waals surface area contributed by atoms with Gasteiger partial charge in [-0.2, -0.15) is 5.10 Å². The molecule has 0 radical (unpaired) electrons. The van der Waals surface area contributed by atoms with Crippen molar-refractivity contribution < 1.29 is 4.79 Å². The predicted octanol–water partition coefficient (Wildman–Crippen LogP) is 2.07. The molecule has 1 saturated heterocycles. The Kier molecular flexibility index (Phi) is 4.16. The molecule has 0 aromatic heterocycles. The number of amides is 1. The van der Waals surface area contributed by atoms with Gasteiger partial charge in [0.1, 0.15) is 0 Å². The summed E-state index contributed by atoms with van der Waals surface area (Å²) in [6, 6.07) is 9.91. The van der Waals surface area contributed by atoms with Gasteiger partial charge in [0.05, 0.1) is 0 Å². The zero-order valence-corrected chi connectivity index (χ0v) is 15.7. The number of benzene rings is 1. The molecule has 8 heteroatoms. The third-order valence-electron chi connectivity index (χ3n) is 4.62. The molecule has 2 atom stereocenters. The maximum atomic E-state index is 13.0. The number of carbonyl (C=O) groups is 1. The van der Waals surface area contributed by atoms with E-state index in [4.69, 9.17) is 12.2 Å². The van der Waals surface area contributed by atoms with Gasteiger partial charge in [-0.1, -0.05) is 30.3 Å². The third-order valence-corrected chi connectivity index (χ3v) is 6.14. The molecular formula is C17H19N5OS2. The average molecular weight is 374 g/mol. The molecule has 1 aromatic carbocycles. The standard InChI is InChI=1S/C17H19N5OS2/c1-3-20-14-15(21(4-2)17(20)24)22-13(23)10-12(25-16(22)19-18-14)11-8-6-5-7-9-11/h5-10,14-15,18H,3-4H2,1-2H3. The summed E-state index contributed by atoms with van der Waals surface area (Å²) in [6.45, 7) is 5.63. The van der Waals surface area contributed by atoms with Crippen LogP contribution in [0.4, 0.5) is 0 Å². The molecule has 1 aromatic rings. The highest BCUT2D eigenvalue weighted by atomic mass is 32.2. The lowest BCUT2D eigenvalue weighted by Crippen LogP contribution is -2.62. The van der Waals surface area contributed by atoms with Gasteiger partial charge in [-0.05, 0) is 43.4 Å². The number of fused-ring (bicyclic) bond motifs is 3. The van der Waals surface area contributed by atoms with Crippen LogP contribution in [-0.4, -0.2) is 56.3 Å². The molecule has 25 heavy (non-hydrogen) atoms. The number of amidine groups is 1. The lowest BCUT2D eigenvalue weighted by atomic mass is 10.2. The molecule has 0 bridgehead atoms. The zero-order chi connectivity index (χ0) is 17.6. The number of hydrogen-bond donors (Lipinski definition) is 1. The molecule has 2 unspecified atom stereocenters. The first-order valence-corrected chi connectivity index (χ1v) is 9.56. The normalized spacial score (nSPS) is 25.3. The average Bonchev–Trinajstić information content (AvgIpc) is 2.92. The lowest BCUT2D eigenvalue weighted by molar-refractivity contribution is -0.126. The highest BCUT2D eigenvalue weighted by Crippen LogP contribution is 2.38. The molecule has 3 heterocycles. The van der Waals surface area contributed by atoms with Crippen molar-refractivity contribution in [3.05, 3.63) is 42.0 Å². The van der Waals surface area contributed by atoms with E-state index in [2.05, 4.69) is 34.2 Å².